The van der Waals surface area contributed by atoms with Gasteiger partial charge in [-0.1, -0.05) is 0 Å². The molecule has 1 unspecified atom stereocenters. The predicted molar refractivity (Wildman–Crippen MR) is 52.1 cm³/mol. The van der Waals surface area contributed by atoms with Crippen LogP contribution in [0.15, 0.2) is 11.0 Å². The number of H-pyrrole nitrogens is 1. The summed E-state index contributed by atoms with van der Waals surface area (Å²) in [4.78, 5) is 18.1. The van der Waals surface area contributed by atoms with E-state index in [0.717, 1.165) is 12.8 Å². The monoisotopic (exact) mass is 205 g/mol. The highest BCUT2D eigenvalue weighted by molar-refractivity contribution is 5.23. The van der Waals surface area contributed by atoms with Gasteiger partial charge >= 0.3 is 0 Å². The molecule has 15 heavy (non-hydrogen) atoms. The number of nitrogens with one attached hydrogen (secondary N) is 1. The summed E-state index contributed by atoms with van der Waals surface area (Å²) in [5.41, 5.74) is -0.882. The molecule has 2 heterocycles. The van der Waals surface area contributed by atoms with Crippen molar-refractivity contribution in [3.05, 3.63) is 27.9 Å². The van der Waals surface area contributed by atoms with Crippen LogP contribution in [0.25, 0.3) is 0 Å². The Morgan fingerprint density at radius 2 is 2.53 bits per heavy atom. The zero-order valence-corrected chi connectivity index (χ0v) is 8.41. The van der Waals surface area contributed by atoms with Crippen LogP contribution in [0.2, 0.25) is 0 Å². The fourth-order valence-corrected chi connectivity index (χ4v) is 1.71. The molecule has 1 N–H and O–H groups in total. The first-order valence-electron chi connectivity index (χ1n) is 4.79. The fourth-order valence-electron chi connectivity index (χ4n) is 1.71. The Hall–Kier alpha value is -1.67. The van der Waals surface area contributed by atoms with E-state index in [1.54, 1.807) is 6.07 Å². The van der Waals surface area contributed by atoms with Crippen molar-refractivity contribution in [3.63, 3.8) is 0 Å². The number of rotatable bonds is 1. The SMILES string of the molecule is CC1(c2ncc(C#N)c(=O)[nH]2)CCCO1. The van der Waals surface area contributed by atoms with Crippen LogP contribution in [0.5, 0.6) is 0 Å². The minimum Gasteiger partial charge on any atom is -0.367 e. The van der Waals surface area contributed by atoms with Crippen molar-refractivity contribution >= 4 is 0 Å². The number of hydrogen-bond donors (Lipinski definition) is 1. The predicted octanol–water partition coefficient (Wildman–Crippen LogP) is 0.667. The molecule has 0 aliphatic carbocycles. The van der Waals surface area contributed by atoms with Crippen molar-refractivity contribution in [2.45, 2.75) is 25.4 Å². The van der Waals surface area contributed by atoms with Gasteiger partial charge in [0.2, 0.25) is 0 Å². The third-order valence-corrected chi connectivity index (χ3v) is 2.64. The Kier molecular flexibility index (Phi) is 2.29. The average Bonchev–Trinajstić information content (AvgIpc) is 2.66. The summed E-state index contributed by atoms with van der Waals surface area (Å²) >= 11 is 0. The number of aromatic nitrogens is 2. The topological polar surface area (TPSA) is 78.8 Å². The molecular weight excluding hydrogens is 194 g/mol. The zero-order valence-electron chi connectivity index (χ0n) is 8.41. The van der Waals surface area contributed by atoms with Gasteiger partial charge in [-0.05, 0) is 19.8 Å². The molecule has 1 saturated heterocycles. The van der Waals surface area contributed by atoms with E-state index in [0.29, 0.717) is 12.4 Å². The molecule has 5 nitrogen and oxygen atoms in total. The lowest BCUT2D eigenvalue weighted by Crippen LogP contribution is -2.27. The molecule has 1 aliphatic rings. The lowest BCUT2D eigenvalue weighted by Gasteiger charge is -2.21. The molecule has 78 valence electrons. The Labute approximate surface area is 86.7 Å². The third kappa shape index (κ3) is 1.64. The van der Waals surface area contributed by atoms with Crippen LogP contribution in [0, 0.1) is 11.3 Å². The standard InChI is InChI=1S/C10H11N3O2/c1-10(3-2-4-15-10)9-12-6-7(5-11)8(14)13-9/h6H,2-4H2,1H3,(H,12,13,14). The Bertz CT molecular complexity index is 466. The van der Waals surface area contributed by atoms with Gasteiger partial charge in [-0.3, -0.25) is 4.79 Å². The number of aromatic amines is 1. The normalized spacial score (nSPS) is 25.1. The molecule has 5 heteroatoms. The highest BCUT2D eigenvalue weighted by atomic mass is 16.5. The first kappa shape index (κ1) is 9.87. The van der Waals surface area contributed by atoms with Gasteiger partial charge in [-0.2, -0.15) is 5.26 Å². The molecule has 0 radical (unpaired) electrons. The van der Waals surface area contributed by atoms with E-state index in [1.165, 1.54) is 6.20 Å². The van der Waals surface area contributed by atoms with Crippen molar-refractivity contribution in [1.82, 2.24) is 9.97 Å². The van der Waals surface area contributed by atoms with Crippen LogP contribution in [-0.4, -0.2) is 16.6 Å². The van der Waals surface area contributed by atoms with Gasteiger partial charge < -0.3 is 9.72 Å². The fraction of sp³-hybridized carbons (Fsp3) is 0.500. The second kappa shape index (κ2) is 3.48. The highest BCUT2D eigenvalue weighted by Gasteiger charge is 2.34. The van der Waals surface area contributed by atoms with E-state index >= 15 is 0 Å². The van der Waals surface area contributed by atoms with Crippen LogP contribution < -0.4 is 5.56 Å². The van der Waals surface area contributed by atoms with Gasteiger partial charge in [0.25, 0.3) is 5.56 Å². The van der Waals surface area contributed by atoms with E-state index in [1.807, 2.05) is 6.92 Å². The Balaban J connectivity index is 2.43. The van der Waals surface area contributed by atoms with Gasteiger partial charge in [0, 0.05) is 6.61 Å². The van der Waals surface area contributed by atoms with Crippen molar-refractivity contribution < 1.29 is 4.74 Å². The van der Waals surface area contributed by atoms with E-state index < -0.39 is 11.2 Å². The quantitative estimate of drug-likeness (QED) is 0.730. The number of hydrogen-bond acceptors (Lipinski definition) is 4. The smallest absolute Gasteiger partial charge is 0.268 e. The Morgan fingerprint density at radius 1 is 1.73 bits per heavy atom. The summed E-state index contributed by atoms with van der Waals surface area (Å²) in [6.45, 7) is 2.57. The minimum atomic E-state index is -0.507. The van der Waals surface area contributed by atoms with E-state index in [9.17, 15) is 4.79 Å². The lowest BCUT2D eigenvalue weighted by molar-refractivity contribution is 0.00911. The summed E-state index contributed by atoms with van der Waals surface area (Å²) in [6.07, 6.45) is 3.09. The van der Waals surface area contributed by atoms with Crippen LogP contribution in [0.4, 0.5) is 0 Å². The van der Waals surface area contributed by atoms with Crippen molar-refractivity contribution in [2.75, 3.05) is 6.61 Å². The van der Waals surface area contributed by atoms with Crippen LogP contribution >= 0.6 is 0 Å². The first-order valence-corrected chi connectivity index (χ1v) is 4.79. The van der Waals surface area contributed by atoms with Crippen molar-refractivity contribution in [1.29, 1.82) is 5.26 Å². The molecular formula is C10H11N3O2. The molecule has 0 saturated carbocycles. The Morgan fingerprint density at radius 3 is 3.07 bits per heavy atom. The molecule has 1 aliphatic heterocycles. The van der Waals surface area contributed by atoms with Gasteiger partial charge in [-0.25, -0.2) is 4.98 Å². The maximum absolute atomic E-state index is 11.4. The summed E-state index contributed by atoms with van der Waals surface area (Å²) in [5.74, 6) is 0.504. The van der Waals surface area contributed by atoms with Crippen LogP contribution in [0.1, 0.15) is 31.2 Å². The van der Waals surface area contributed by atoms with E-state index in [4.69, 9.17) is 10.00 Å². The van der Waals surface area contributed by atoms with E-state index in [2.05, 4.69) is 9.97 Å². The van der Waals surface area contributed by atoms with Crippen LogP contribution in [0.3, 0.4) is 0 Å². The van der Waals surface area contributed by atoms with Gasteiger partial charge in [-0.15, -0.1) is 0 Å². The second-order valence-corrected chi connectivity index (χ2v) is 3.77. The third-order valence-electron chi connectivity index (χ3n) is 2.64. The van der Waals surface area contributed by atoms with Crippen LogP contribution in [-0.2, 0) is 10.3 Å². The molecule has 1 atom stereocenters. The molecule has 0 aromatic carbocycles. The first-order chi connectivity index (χ1) is 7.15. The zero-order chi connectivity index (χ0) is 10.9. The molecule has 1 aromatic heterocycles. The molecule has 0 spiro atoms. The van der Waals surface area contributed by atoms with Crippen molar-refractivity contribution in [3.8, 4) is 6.07 Å². The maximum atomic E-state index is 11.4. The van der Waals surface area contributed by atoms with Gasteiger partial charge in [0.05, 0.1) is 6.20 Å². The lowest BCUT2D eigenvalue weighted by atomic mass is 10.0. The molecule has 2 rings (SSSR count). The van der Waals surface area contributed by atoms with Gasteiger partial charge in [0.1, 0.15) is 23.1 Å². The molecule has 1 fully saturated rings. The summed E-state index contributed by atoms with van der Waals surface area (Å²) < 4.78 is 5.54. The second-order valence-electron chi connectivity index (χ2n) is 3.77. The summed E-state index contributed by atoms with van der Waals surface area (Å²) in [5, 5.41) is 8.60. The summed E-state index contributed by atoms with van der Waals surface area (Å²) in [7, 11) is 0. The van der Waals surface area contributed by atoms with Crippen molar-refractivity contribution in [2.24, 2.45) is 0 Å². The molecule has 0 amide bonds. The van der Waals surface area contributed by atoms with Gasteiger partial charge in [0.15, 0.2) is 0 Å². The molecule has 1 aromatic rings. The maximum Gasteiger partial charge on any atom is 0.268 e. The van der Waals surface area contributed by atoms with E-state index in [-0.39, 0.29) is 5.56 Å². The number of nitrogens with zero attached hydrogens (tertiary/aromatic N) is 2. The minimum absolute atomic E-state index is 0.0281. The average molecular weight is 205 g/mol. The summed E-state index contributed by atoms with van der Waals surface area (Å²) in [6, 6.07) is 1.78. The largest absolute Gasteiger partial charge is 0.367 e. The molecule has 0 bridgehead atoms. The number of ether oxygens (including phenoxy) is 1. The number of nitriles is 1. The highest BCUT2D eigenvalue weighted by Crippen LogP contribution is 2.32.